The molecule has 4 nitrogen and oxygen atoms in total. The molecule has 0 N–H and O–H groups in total. The third-order valence-electron chi connectivity index (χ3n) is 4.97. The van der Waals surface area contributed by atoms with E-state index in [2.05, 4.69) is 35.0 Å². The van der Waals surface area contributed by atoms with E-state index < -0.39 is 0 Å². The summed E-state index contributed by atoms with van der Waals surface area (Å²) in [6.07, 6.45) is 5.82. The topological polar surface area (TPSA) is 36.4 Å². The second kappa shape index (κ2) is 6.21. The van der Waals surface area contributed by atoms with Gasteiger partial charge in [-0.2, -0.15) is 0 Å². The lowest BCUT2D eigenvalue weighted by Gasteiger charge is -2.35. The van der Waals surface area contributed by atoms with Crippen molar-refractivity contribution in [3.8, 4) is 0 Å². The highest BCUT2D eigenvalue weighted by molar-refractivity contribution is 7.18. The summed E-state index contributed by atoms with van der Waals surface area (Å²) < 4.78 is 1.22. The van der Waals surface area contributed by atoms with E-state index in [1.807, 2.05) is 6.07 Å². The Morgan fingerprint density at radius 1 is 1.30 bits per heavy atom. The maximum absolute atomic E-state index is 12.8. The molecule has 23 heavy (non-hydrogen) atoms. The minimum Gasteiger partial charge on any atom is -0.332 e. The third-order valence-corrected chi connectivity index (χ3v) is 6.11. The van der Waals surface area contributed by atoms with Crippen LogP contribution in [0.3, 0.4) is 0 Å². The molecule has 122 valence electrons. The monoisotopic (exact) mass is 329 g/mol. The first kappa shape index (κ1) is 15.1. The lowest BCUT2D eigenvalue weighted by atomic mass is 10.0. The Kier molecular flexibility index (Phi) is 4.07. The number of hydrogen-bond donors (Lipinski definition) is 0. The molecule has 0 radical (unpaired) electrons. The van der Waals surface area contributed by atoms with Crippen LogP contribution >= 0.6 is 11.3 Å². The highest BCUT2D eigenvalue weighted by atomic mass is 32.1. The number of benzene rings is 1. The van der Waals surface area contributed by atoms with E-state index in [0.29, 0.717) is 12.6 Å². The molecule has 1 saturated heterocycles. The number of carbonyl (C=O) groups excluding carboxylic acids is 1. The molecule has 1 aliphatic carbocycles. The number of aromatic nitrogens is 1. The lowest BCUT2D eigenvalue weighted by molar-refractivity contribution is -0.136. The normalized spacial score (nSPS) is 22.0. The van der Waals surface area contributed by atoms with Crippen LogP contribution in [0.4, 0.5) is 0 Å². The highest BCUT2D eigenvalue weighted by Gasteiger charge is 2.33. The molecule has 2 aliphatic rings. The Balaban J connectivity index is 1.55. The van der Waals surface area contributed by atoms with Gasteiger partial charge in [0.2, 0.25) is 5.91 Å². The third kappa shape index (κ3) is 3.12. The van der Waals surface area contributed by atoms with Gasteiger partial charge in [-0.1, -0.05) is 12.1 Å². The number of likely N-dealkylation sites (tertiary alicyclic amines) is 1. The average molecular weight is 329 g/mol. The second-order valence-electron chi connectivity index (χ2n) is 6.76. The molecule has 2 aromatic rings. The molecule has 1 aromatic heterocycles. The zero-order valence-corrected chi connectivity index (χ0v) is 14.4. The Labute approximate surface area is 141 Å². The molecule has 1 amide bonds. The Morgan fingerprint density at radius 2 is 2.13 bits per heavy atom. The van der Waals surface area contributed by atoms with Crippen LogP contribution < -0.4 is 0 Å². The number of thiazole rings is 1. The van der Waals surface area contributed by atoms with Gasteiger partial charge >= 0.3 is 0 Å². The van der Waals surface area contributed by atoms with Gasteiger partial charge in [0, 0.05) is 12.6 Å². The summed E-state index contributed by atoms with van der Waals surface area (Å²) in [6.45, 7) is 1.42. The van der Waals surface area contributed by atoms with Gasteiger partial charge in [-0.15, -0.1) is 11.3 Å². The molecular weight excluding hydrogens is 306 g/mol. The number of nitrogens with zero attached hydrogens (tertiary/aromatic N) is 3. The summed E-state index contributed by atoms with van der Waals surface area (Å²) in [5.41, 5.74) is 1.06. The standard InChI is InChI=1S/C18H23N3OS/c1-20(13-9-10-13)12-17(22)21-11-5-4-7-15(21)18-19-14-6-2-3-8-16(14)23-18/h2-3,6,8,13,15H,4-5,7,9-12H2,1H3/t15-/m1/s1. The van der Waals surface area contributed by atoms with E-state index in [1.54, 1.807) is 11.3 Å². The summed E-state index contributed by atoms with van der Waals surface area (Å²) >= 11 is 1.74. The summed E-state index contributed by atoms with van der Waals surface area (Å²) in [7, 11) is 2.08. The van der Waals surface area contributed by atoms with E-state index >= 15 is 0 Å². The molecule has 2 fully saturated rings. The van der Waals surface area contributed by atoms with E-state index in [0.717, 1.165) is 29.9 Å². The molecule has 1 saturated carbocycles. The average Bonchev–Trinajstić information content (AvgIpc) is 3.33. The van der Waals surface area contributed by atoms with Gasteiger partial charge in [0.1, 0.15) is 5.01 Å². The van der Waals surface area contributed by atoms with Crippen LogP contribution in [-0.2, 0) is 4.79 Å². The first-order valence-electron chi connectivity index (χ1n) is 8.57. The van der Waals surface area contributed by atoms with Crippen molar-refractivity contribution >= 4 is 27.5 Å². The molecular formula is C18H23N3OS. The van der Waals surface area contributed by atoms with Gasteiger partial charge in [-0.05, 0) is 51.3 Å². The number of para-hydroxylation sites is 1. The number of rotatable bonds is 4. The SMILES string of the molecule is CN(CC(=O)N1CCCC[C@@H]1c1nc2ccccc2s1)C1CC1. The Hall–Kier alpha value is -1.46. The molecule has 4 rings (SSSR count). The van der Waals surface area contributed by atoms with Gasteiger partial charge < -0.3 is 4.90 Å². The van der Waals surface area contributed by atoms with Crippen LogP contribution in [0.5, 0.6) is 0 Å². The Bertz CT molecular complexity index is 676. The predicted molar refractivity (Wildman–Crippen MR) is 93.6 cm³/mol. The van der Waals surface area contributed by atoms with Crippen molar-refractivity contribution in [3.05, 3.63) is 29.3 Å². The van der Waals surface area contributed by atoms with Crippen molar-refractivity contribution in [1.82, 2.24) is 14.8 Å². The lowest BCUT2D eigenvalue weighted by Crippen LogP contribution is -2.43. The fraction of sp³-hybridized carbons (Fsp3) is 0.556. The van der Waals surface area contributed by atoms with Crippen molar-refractivity contribution < 1.29 is 4.79 Å². The number of likely N-dealkylation sites (N-methyl/N-ethyl adjacent to an activating group) is 1. The van der Waals surface area contributed by atoms with Gasteiger partial charge in [-0.3, -0.25) is 9.69 Å². The number of hydrogen-bond acceptors (Lipinski definition) is 4. The fourth-order valence-corrected chi connectivity index (χ4v) is 4.58. The molecule has 1 aromatic carbocycles. The quantitative estimate of drug-likeness (QED) is 0.862. The van der Waals surface area contributed by atoms with E-state index in [-0.39, 0.29) is 11.9 Å². The minimum absolute atomic E-state index is 0.168. The van der Waals surface area contributed by atoms with E-state index in [1.165, 1.54) is 24.0 Å². The van der Waals surface area contributed by atoms with E-state index in [9.17, 15) is 4.79 Å². The largest absolute Gasteiger partial charge is 0.332 e. The van der Waals surface area contributed by atoms with Crippen molar-refractivity contribution in [2.24, 2.45) is 0 Å². The molecule has 0 spiro atoms. The summed E-state index contributed by atoms with van der Waals surface area (Å²) in [5.74, 6) is 0.267. The molecule has 5 heteroatoms. The van der Waals surface area contributed by atoms with Crippen LogP contribution in [0.2, 0.25) is 0 Å². The van der Waals surface area contributed by atoms with Crippen LogP contribution in [-0.4, -0.2) is 46.9 Å². The predicted octanol–water partition coefficient (Wildman–Crippen LogP) is 3.44. The van der Waals surface area contributed by atoms with Gasteiger partial charge in [0.25, 0.3) is 0 Å². The van der Waals surface area contributed by atoms with Crippen molar-refractivity contribution in [2.45, 2.75) is 44.2 Å². The van der Waals surface area contributed by atoms with Gasteiger partial charge in [0.05, 0.1) is 22.8 Å². The summed E-state index contributed by atoms with van der Waals surface area (Å²) in [6, 6.07) is 9.06. The maximum Gasteiger partial charge on any atom is 0.237 e. The molecule has 2 heterocycles. The molecule has 1 atom stereocenters. The Morgan fingerprint density at radius 3 is 2.91 bits per heavy atom. The zero-order chi connectivity index (χ0) is 15.8. The van der Waals surface area contributed by atoms with Crippen molar-refractivity contribution in [3.63, 3.8) is 0 Å². The second-order valence-corrected chi connectivity index (χ2v) is 7.83. The van der Waals surface area contributed by atoms with Crippen molar-refractivity contribution in [1.29, 1.82) is 0 Å². The van der Waals surface area contributed by atoms with Crippen LogP contribution in [0.15, 0.2) is 24.3 Å². The number of piperidine rings is 1. The molecule has 0 bridgehead atoms. The van der Waals surface area contributed by atoms with Crippen molar-refractivity contribution in [2.75, 3.05) is 20.1 Å². The zero-order valence-electron chi connectivity index (χ0n) is 13.6. The van der Waals surface area contributed by atoms with Crippen LogP contribution in [0.1, 0.15) is 43.2 Å². The first-order chi connectivity index (χ1) is 11.2. The fourth-order valence-electron chi connectivity index (χ4n) is 3.47. The summed E-state index contributed by atoms with van der Waals surface area (Å²) in [4.78, 5) is 21.9. The highest BCUT2D eigenvalue weighted by Crippen LogP contribution is 2.36. The summed E-state index contributed by atoms with van der Waals surface area (Å²) in [5, 5.41) is 1.10. The van der Waals surface area contributed by atoms with Gasteiger partial charge in [-0.25, -0.2) is 4.98 Å². The number of fused-ring (bicyclic) bond motifs is 1. The molecule has 0 unspecified atom stereocenters. The first-order valence-corrected chi connectivity index (χ1v) is 9.39. The van der Waals surface area contributed by atoms with Crippen LogP contribution in [0, 0.1) is 0 Å². The molecule has 1 aliphatic heterocycles. The number of amides is 1. The van der Waals surface area contributed by atoms with Crippen LogP contribution in [0.25, 0.3) is 10.2 Å². The van der Waals surface area contributed by atoms with E-state index in [4.69, 9.17) is 4.98 Å². The van der Waals surface area contributed by atoms with Gasteiger partial charge in [0.15, 0.2) is 0 Å². The minimum atomic E-state index is 0.168. The number of carbonyl (C=O) groups is 1. The smallest absolute Gasteiger partial charge is 0.237 e. The maximum atomic E-state index is 12.8.